The first kappa shape index (κ1) is 21.9. The van der Waals surface area contributed by atoms with Crippen LogP contribution in [0.3, 0.4) is 0 Å². The Balaban J connectivity index is 0.000000878. The maximum absolute atomic E-state index is 13.2. The fraction of sp³-hybridized carbons (Fsp3) is 0.667. The molecule has 6 atom stereocenters. The van der Waals surface area contributed by atoms with E-state index in [1.807, 2.05) is 0 Å². The number of carbonyl (C=O) groups excluding carboxylic acids is 4. The van der Waals surface area contributed by atoms with Gasteiger partial charge in [0.2, 0.25) is 0 Å². The van der Waals surface area contributed by atoms with E-state index >= 15 is 0 Å². The Labute approximate surface area is 165 Å². The molecule has 0 aromatic rings. The van der Waals surface area contributed by atoms with Gasteiger partial charge in [0.15, 0.2) is 0 Å². The van der Waals surface area contributed by atoms with Crippen LogP contribution in [0.5, 0.6) is 0 Å². The van der Waals surface area contributed by atoms with Crippen molar-refractivity contribution in [2.45, 2.75) is 40.2 Å². The highest BCUT2D eigenvalue weighted by Gasteiger charge is 2.74. The smallest absolute Gasteiger partial charge is 0.373 e. The van der Waals surface area contributed by atoms with Gasteiger partial charge >= 0.3 is 18.1 Å². The van der Waals surface area contributed by atoms with Gasteiger partial charge in [-0.15, -0.1) is 0 Å². The lowest BCUT2D eigenvalue weighted by atomic mass is 9.57. The third-order valence-corrected chi connectivity index (χ3v) is 6.50. The third-order valence-electron chi connectivity index (χ3n) is 6.50. The molecular formula is C21H28O7. The summed E-state index contributed by atoms with van der Waals surface area (Å²) in [4.78, 5) is 40.8. The van der Waals surface area contributed by atoms with Crippen LogP contribution in [0.1, 0.15) is 34.1 Å². The van der Waals surface area contributed by atoms with Gasteiger partial charge in [-0.2, -0.15) is 9.59 Å². The lowest BCUT2D eigenvalue weighted by Gasteiger charge is -2.44. The summed E-state index contributed by atoms with van der Waals surface area (Å²) in [5.74, 6) is 1.15. The molecular weight excluding hydrogens is 364 g/mol. The fourth-order valence-corrected chi connectivity index (χ4v) is 5.57. The van der Waals surface area contributed by atoms with Crippen LogP contribution in [0.4, 0.5) is 0 Å². The van der Waals surface area contributed by atoms with Crippen LogP contribution in [0.15, 0.2) is 24.5 Å². The van der Waals surface area contributed by atoms with Crippen molar-refractivity contribution in [1.29, 1.82) is 0 Å². The monoisotopic (exact) mass is 392 g/mol. The van der Waals surface area contributed by atoms with Gasteiger partial charge in [-0.1, -0.05) is 33.9 Å². The lowest BCUT2D eigenvalue weighted by Crippen LogP contribution is -2.51. The van der Waals surface area contributed by atoms with Gasteiger partial charge in [-0.05, 0) is 31.1 Å². The van der Waals surface area contributed by atoms with Gasteiger partial charge in [0.1, 0.15) is 19.3 Å². The molecule has 6 unspecified atom stereocenters. The molecule has 7 heteroatoms. The molecule has 2 bridgehead atoms. The van der Waals surface area contributed by atoms with E-state index in [1.165, 1.54) is 0 Å². The maximum atomic E-state index is 13.2. The van der Waals surface area contributed by atoms with Crippen molar-refractivity contribution in [3.8, 4) is 0 Å². The van der Waals surface area contributed by atoms with Crippen molar-refractivity contribution in [3.05, 3.63) is 24.5 Å². The topological polar surface area (TPSA) is 96.0 Å². The second kappa shape index (κ2) is 8.31. The van der Waals surface area contributed by atoms with E-state index in [9.17, 15) is 9.59 Å². The first-order chi connectivity index (χ1) is 13.1. The Bertz CT molecular complexity index is 704. The van der Waals surface area contributed by atoms with E-state index in [4.69, 9.17) is 23.8 Å². The number of hydrogen-bond acceptors (Lipinski definition) is 7. The second-order valence-corrected chi connectivity index (χ2v) is 8.11. The van der Waals surface area contributed by atoms with Crippen molar-refractivity contribution in [2.24, 2.45) is 35.0 Å². The molecule has 0 spiro atoms. The highest BCUT2D eigenvalue weighted by molar-refractivity contribution is 5.87. The van der Waals surface area contributed by atoms with Crippen LogP contribution in [0.25, 0.3) is 0 Å². The Hall–Kier alpha value is -2.40. The number of esters is 2. The molecule has 3 aliphatic rings. The predicted octanol–water partition coefficient (Wildman–Crippen LogP) is 2.52. The van der Waals surface area contributed by atoms with Crippen LogP contribution in [-0.4, -0.2) is 37.4 Å². The average Bonchev–Trinajstić information content (AvgIpc) is 3.22. The number of carbonyl (C=O) groups is 2. The van der Waals surface area contributed by atoms with Crippen LogP contribution in [0.2, 0.25) is 0 Å². The summed E-state index contributed by atoms with van der Waals surface area (Å²) in [7, 11) is 0. The van der Waals surface area contributed by atoms with Gasteiger partial charge in [0.25, 0.3) is 0 Å². The van der Waals surface area contributed by atoms with Gasteiger partial charge in [-0.25, -0.2) is 4.79 Å². The average molecular weight is 392 g/mol. The summed E-state index contributed by atoms with van der Waals surface area (Å²) in [6.45, 7) is 15.6. The number of rotatable bonds is 6. The highest BCUT2D eigenvalue weighted by atomic mass is 16.6. The number of fused-ring (bicyclic) bond motifs is 1. The molecule has 0 N–H and O–H groups in total. The minimum absolute atomic E-state index is 0.0316. The van der Waals surface area contributed by atoms with Crippen molar-refractivity contribution >= 4 is 18.1 Å². The van der Waals surface area contributed by atoms with Crippen LogP contribution in [0, 0.1) is 35.0 Å². The summed E-state index contributed by atoms with van der Waals surface area (Å²) in [5.41, 5.74) is -0.260. The normalized spacial score (nSPS) is 34.2. The van der Waals surface area contributed by atoms with Crippen LogP contribution in [-0.2, 0) is 33.4 Å². The quantitative estimate of drug-likeness (QED) is 0.389. The molecule has 1 heterocycles. The molecule has 154 valence electrons. The molecule has 3 fully saturated rings. The molecule has 1 aliphatic heterocycles. The second-order valence-electron chi connectivity index (χ2n) is 8.11. The molecule has 0 aromatic carbocycles. The lowest BCUT2D eigenvalue weighted by molar-refractivity contribution is -0.191. The van der Waals surface area contributed by atoms with Crippen molar-refractivity contribution in [1.82, 2.24) is 0 Å². The van der Waals surface area contributed by atoms with E-state index in [-0.39, 0.29) is 49.2 Å². The summed E-state index contributed by atoms with van der Waals surface area (Å²) in [5, 5.41) is 0. The molecule has 28 heavy (non-hydrogen) atoms. The summed E-state index contributed by atoms with van der Waals surface area (Å²) >= 11 is 0. The van der Waals surface area contributed by atoms with E-state index in [0.29, 0.717) is 17.4 Å². The summed E-state index contributed by atoms with van der Waals surface area (Å²) in [6, 6.07) is 0. The molecule has 7 nitrogen and oxygen atoms in total. The Morgan fingerprint density at radius 1 is 1.29 bits per heavy atom. The molecule has 0 aromatic heterocycles. The van der Waals surface area contributed by atoms with Gasteiger partial charge < -0.3 is 14.2 Å². The number of allylic oxidation sites excluding steroid dienone is 1. The van der Waals surface area contributed by atoms with Gasteiger partial charge in [0, 0.05) is 17.4 Å². The third kappa shape index (κ3) is 3.28. The van der Waals surface area contributed by atoms with E-state index < -0.39 is 11.4 Å². The Morgan fingerprint density at radius 2 is 1.86 bits per heavy atom. The zero-order chi connectivity index (χ0) is 21.2. The standard InChI is InChI=1S/C20H28O5.CO2/c1-10(2)18(21)23-7-8-24-19(22)20(11(3)4)15-9-14-16(20)13(6)25-17(14)12(15)5;2-1-3/h11-12,14-17H,1,6-9H2,2-5H3;. The van der Waals surface area contributed by atoms with E-state index in [0.717, 1.165) is 12.2 Å². The van der Waals surface area contributed by atoms with E-state index in [2.05, 4.69) is 33.9 Å². The molecule has 2 saturated carbocycles. The van der Waals surface area contributed by atoms with Crippen molar-refractivity contribution in [3.63, 3.8) is 0 Å². The zero-order valence-corrected chi connectivity index (χ0v) is 16.9. The minimum atomic E-state index is -0.591. The van der Waals surface area contributed by atoms with Crippen LogP contribution >= 0.6 is 0 Å². The summed E-state index contributed by atoms with van der Waals surface area (Å²) < 4.78 is 16.6. The largest absolute Gasteiger partial charge is 0.494 e. The summed E-state index contributed by atoms with van der Waals surface area (Å²) in [6.07, 6.45) is 1.44. The molecule has 0 amide bonds. The van der Waals surface area contributed by atoms with Crippen molar-refractivity contribution in [2.75, 3.05) is 13.2 Å². The Morgan fingerprint density at radius 3 is 2.39 bits per heavy atom. The zero-order valence-electron chi connectivity index (χ0n) is 16.9. The molecule has 2 aliphatic carbocycles. The van der Waals surface area contributed by atoms with E-state index in [1.54, 1.807) is 6.92 Å². The predicted molar refractivity (Wildman–Crippen MR) is 97.3 cm³/mol. The van der Waals surface area contributed by atoms with Crippen molar-refractivity contribution < 1.29 is 33.4 Å². The molecule has 1 saturated heterocycles. The first-order valence-electron chi connectivity index (χ1n) is 9.49. The van der Waals surface area contributed by atoms with Gasteiger partial charge in [0.05, 0.1) is 11.2 Å². The first-order valence-corrected chi connectivity index (χ1v) is 9.49. The fourth-order valence-electron chi connectivity index (χ4n) is 5.57. The van der Waals surface area contributed by atoms with Gasteiger partial charge in [-0.3, -0.25) is 4.79 Å². The number of hydrogen-bond donors (Lipinski definition) is 0. The molecule has 0 radical (unpaired) electrons. The minimum Gasteiger partial charge on any atom is -0.494 e. The van der Waals surface area contributed by atoms with Crippen LogP contribution < -0.4 is 0 Å². The highest BCUT2D eigenvalue weighted by Crippen LogP contribution is 2.70. The molecule has 3 rings (SSSR count). The maximum Gasteiger partial charge on any atom is 0.373 e. The number of ether oxygens (including phenoxy) is 3. The Kier molecular flexibility index (Phi) is 6.50. The SMILES string of the molecule is C=C(C)C(=O)OCCOC(=O)C1(C(C)C)C2CC3C(OC(=C)C31)C2C.O=C=O.